The van der Waals surface area contributed by atoms with E-state index >= 15 is 0 Å². The fourth-order valence-corrected chi connectivity index (χ4v) is 2.13. The Morgan fingerprint density at radius 1 is 1.44 bits per heavy atom. The first kappa shape index (κ1) is 14.7. The summed E-state index contributed by atoms with van der Waals surface area (Å²) >= 11 is 3.37. The number of halogens is 1. The minimum atomic E-state index is -1.02. The third-order valence-electron chi connectivity index (χ3n) is 2.79. The van der Waals surface area contributed by atoms with Gasteiger partial charge in [0.05, 0.1) is 0 Å². The van der Waals surface area contributed by atoms with Crippen LogP contribution in [0.15, 0.2) is 22.7 Å². The Morgan fingerprint density at radius 2 is 2.06 bits per heavy atom. The van der Waals surface area contributed by atoms with E-state index in [4.69, 9.17) is 0 Å². The number of aliphatic carboxylic acids is 1. The molecule has 1 amide bonds. The third kappa shape index (κ3) is 3.10. The van der Waals surface area contributed by atoms with E-state index in [-0.39, 0.29) is 5.91 Å². The van der Waals surface area contributed by atoms with Crippen molar-refractivity contribution in [3.63, 3.8) is 0 Å². The van der Waals surface area contributed by atoms with E-state index in [1.165, 1.54) is 11.8 Å². The molecule has 0 aliphatic rings. The molecule has 0 fully saturated rings. The SMILES string of the molecule is CCN(C(C)=O)C(C(=O)O)c1ccc(Br)c(C)c1. The monoisotopic (exact) mass is 313 g/mol. The van der Waals surface area contributed by atoms with Crippen LogP contribution in [0, 0.1) is 6.92 Å². The van der Waals surface area contributed by atoms with Gasteiger partial charge in [-0.05, 0) is 31.0 Å². The second-order valence-corrected chi connectivity index (χ2v) is 4.91. The Balaban J connectivity index is 3.23. The number of aryl methyl sites for hydroxylation is 1. The summed E-state index contributed by atoms with van der Waals surface area (Å²) in [6, 6.07) is 4.38. The van der Waals surface area contributed by atoms with Crippen molar-refractivity contribution in [2.24, 2.45) is 0 Å². The van der Waals surface area contributed by atoms with Gasteiger partial charge < -0.3 is 10.0 Å². The summed E-state index contributed by atoms with van der Waals surface area (Å²) in [5.74, 6) is -1.26. The zero-order valence-corrected chi connectivity index (χ0v) is 12.2. The maximum absolute atomic E-state index is 11.5. The van der Waals surface area contributed by atoms with Crippen LogP contribution in [-0.4, -0.2) is 28.4 Å². The molecule has 4 nitrogen and oxygen atoms in total. The molecule has 1 N–H and O–H groups in total. The number of hydrogen-bond donors (Lipinski definition) is 1. The molecule has 1 atom stereocenters. The standard InChI is InChI=1S/C13H16BrNO3/c1-4-15(9(3)16)12(13(17)18)10-5-6-11(14)8(2)7-10/h5-7,12H,4H2,1-3H3,(H,17,18). The van der Waals surface area contributed by atoms with Crippen LogP contribution in [0.25, 0.3) is 0 Å². The predicted molar refractivity (Wildman–Crippen MR) is 72.3 cm³/mol. The number of carbonyl (C=O) groups excluding carboxylic acids is 1. The van der Waals surface area contributed by atoms with Crippen molar-refractivity contribution in [1.82, 2.24) is 4.90 Å². The lowest BCUT2D eigenvalue weighted by Crippen LogP contribution is -2.37. The number of hydrogen-bond acceptors (Lipinski definition) is 2. The van der Waals surface area contributed by atoms with E-state index in [1.807, 2.05) is 6.92 Å². The first-order valence-corrected chi connectivity index (χ1v) is 6.43. The van der Waals surface area contributed by atoms with Crippen molar-refractivity contribution in [3.8, 4) is 0 Å². The normalized spacial score (nSPS) is 12.0. The lowest BCUT2D eigenvalue weighted by Gasteiger charge is -2.27. The average molecular weight is 314 g/mol. The maximum Gasteiger partial charge on any atom is 0.331 e. The van der Waals surface area contributed by atoms with Crippen molar-refractivity contribution in [2.45, 2.75) is 26.8 Å². The zero-order chi connectivity index (χ0) is 13.9. The summed E-state index contributed by atoms with van der Waals surface area (Å²) in [7, 11) is 0. The highest BCUT2D eigenvalue weighted by Crippen LogP contribution is 2.25. The van der Waals surface area contributed by atoms with Crippen molar-refractivity contribution in [2.75, 3.05) is 6.54 Å². The number of benzene rings is 1. The summed E-state index contributed by atoms with van der Waals surface area (Å²) in [4.78, 5) is 24.2. The van der Waals surface area contributed by atoms with Crippen LogP contribution in [0.2, 0.25) is 0 Å². The second kappa shape index (κ2) is 6.00. The van der Waals surface area contributed by atoms with Gasteiger partial charge >= 0.3 is 5.97 Å². The molecule has 0 spiro atoms. The van der Waals surface area contributed by atoms with Gasteiger partial charge in [0.2, 0.25) is 5.91 Å². The largest absolute Gasteiger partial charge is 0.479 e. The maximum atomic E-state index is 11.5. The summed E-state index contributed by atoms with van der Waals surface area (Å²) < 4.78 is 0.918. The molecule has 1 rings (SSSR count). The van der Waals surface area contributed by atoms with Gasteiger partial charge in [0.25, 0.3) is 0 Å². The highest BCUT2D eigenvalue weighted by molar-refractivity contribution is 9.10. The van der Waals surface area contributed by atoms with Crippen LogP contribution >= 0.6 is 15.9 Å². The number of rotatable bonds is 4. The molecule has 1 aromatic rings. The van der Waals surface area contributed by atoms with Crippen LogP contribution in [-0.2, 0) is 9.59 Å². The van der Waals surface area contributed by atoms with Gasteiger partial charge in [0.1, 0.15) is 0 Å². The summed E-state index contributed by atoms with van der Waals surface area (Å²) in [6.45, 7) is 5.40. The minimum absolute atomic E-state index is 0.245. The van der Waals surface area contributed by atoms with E-state index < -0.39 is 12.0 Å². The molecule has 98 valence electrons. The molecular formula is C13H16BrNO3. The molecule has 0 saturated carbocycles. The van der Waals surface area contributed by atoms with Crippen molar-refractivity contribution >= 4 is 27.8 Å². The molecular weight excluding hydrogens is 298 g/mol. The van der Waals surface area contributed by atoms with Gasteiger partial charge in [0, 0.05) is 17.9 Å². The van der Waals surface area contributed by atoms with Crippen LogP contribution in [0.4, 0.5) is 0 Å². The second-order valence-electron chi connectivity index (χ2n) is 4.05. The van der Waals surface area contributed by atoms with Crippen molar-refractivity contribution in [3.05, 3.63) is 33.8 Å². The lowest BCUT2D eigenvalue weighted by molar-refractivity contribution is -0.149. The third-order valence-corrected chi connectivity index (χ3v) is 3.68. The van der Waals surface area contributed by atoms with Crippen LogP contribution in [0.5, 0.6) is 0 Å². The van der Waals surface area contributed by atoms with E-state index in [2.05, 4.69) is 15.9 Å². The lowest BCUT2D eigenvalue weighted by atomic mass is 10.0. The first-order chi connectivity index (χ1) is 8.38. The smallest absolute Gasteiger partial charge is 0.331 e. The highest BCUT2D eigenvalue weighted by Gasteiger charge is 2.28. The zero-order valence-electron chi connectivity index (χ0n) is 10.6. The quantitative estimate of drug-likeness (QED) is 0.930. The number of nitrogens with zero attached hydrogens (tertiary/aromatic N) is 1. The van der Waals surface area contributed by atoms with E-state index in [9.17, 15) is 14.7 Å². The molecule has 1 aromatic carbocycles. The summed E-state index contributed by atoms with van der Waals surface area (Å²) in [5.41, 5.74) is 1.55. The Labute approximate surface area is 115 Å². The molecule has 0 saturated heterocycles. The fraction of sp³-hybridized carbons (Fsp3) is 0.385. The van der Waals surface area contributed by atoms with Gasteiger partial charge in [-0.1, -0.05) is 28.1 Å². The van der Waals surface area contributed by atoms with E-state index in [1.54, 1.807) is 25.1 Å². The number of carboxylic acid groups (broad SMARTS) is 1. The Morgan fingerprint density at radius 3 is 2.44 bits per heavy atom. The topological polar surface area (TPSA) is 57.6 Å². The van der Waals surface area contributed by atoms with E-state index in [0.717, 1.165) is 10.0 Å². The van der Waals surface area contributed by atoms with Crippen LogP contribution in [0.1, 0.15) is 31.0 Å². The average Bonchev–Trinajstić information content (AvgIpc) is 2.28. The first-order valence-electron chi connectivity index (χ1n) is 5.64. The van der Waals surface area contributed by atoms with Crippen molar-refractivity contribution < 1.29 is 14.7 Å². The number of carboxylic acids is 1. The molecule has 0 aliphatic carbocycles. The van der Waals surface area contributed by atoms with Crippen LogP contribution < -0.4 is 0 Å². The molecule has 0 heterocycles. The van der Waals surface area contributed by atoms with Crippen molar-refractivity contribution in [1.29, 1.82) is 0 Å². The van der Waals surface area contributed by atoms with Gasteiger partial charge in [-0.2, -0.15) is 0 Å². The molecule has 1 unspecified atom stereocenters. The Kier molecular flexibility index (Phi) is 4.90. The molecule has 0 bridgehead atoms. The Hall–Kier alpha value is -1.36. The Bertz CT molecular complexity index is 473. The van der Waals surface area contributed by atoms with E-state index in [0.29, 0.717) is 12.1 Å². The number of amides is 1. The van der Waals surface area contributed by atoms with Crippen LogP contribution in [0.3, 0.4) is 0 Å². The van der Waals surface area contributed by atoms with Gasteiger partial charge in [-0.25, -0.2) is 4.79 Å². The summed E-state index contributed by atoms with van der Waals surface area (Å²) in [5, 5.41) is 9.33. The summed E-state index contributed by atoms with van der Waals surface area (Å²) in [6.07, 6.45) is 0. The van der Waals surface area contributed by atoms with Gasteiger partial charge in [-0.15, -0.1) is 0 Å². The molecule has 0 aliphatic heterocycles. The number of carbonyl (C=O) groups is 2. The molecule has 0 radical (unpaired) electrons. The number of likely N-dealkylation sites (N-methyl/N-ethyl adjacent to an activating group) is 1. The fourth-order valence-electron chi connectivity index (χ4n) is 1.88. The molecule has 5 heteroatoms. The predicted octanol–water partition coefficient (Wildman–Crippen LogP) is 2.75. The molecule has 0 aromatic heterocycles. The van der Waals surface area contributed by atoms with Gasteiger partial charge in [0.15, 0.2) is 6.04 Å². The van der Waals surface area contributed by atoms with Gasteiger partial charge in [-0.3, -0.25) is 4.79 Å². The minimum Gasteiger partial charge on any atom is -0.479 e. The highest BCUT2D eigenvalue weighted by atomic mass is 79.9. The molecule has 18 heavy (non-hydrogen) atoms.